The number of carbonyl (C=O) groups excluding carboxylic acids is 1. The first-order valence-corrected chi connectivity index (χ1v) is 3.91. The van der Waals surface area contributed by atoms with Crippen molar-refractivity contribution >= 4 is 5.97 Å². The van der Waals surface area contributed by atoms with E-state index in [-0.39, 0.29) is 18.7 Å². The predicted molar refractivity (Wildman–Crippen MR) is 45.7 cm³/mol. The number of ether oxygens (including phenoxy) is 3. The molecule has 0 saturated heterocycles. The van der Waals surface area contributed by atoms with Crippen molar-refractivity contribution in [2.75, 3.05) is 14.2 Å². The molecule has 0 amide bonds. The van der Waals surface area contributed by atoms with Crippen LogP contribution in [0.5, 0.6) is 0 Å². The minimum atomic E-state index is -0.330. The average Bonchev–Trinajstić information content (AvgIpc) is 2.61. The second-order valence-electron chi connectivity index (χ2n) is 2.47. The molecule has 0 saturated carbocycles. The lowest BCUT2D eigenvalue weighted by Gasteiger charge is -2.06. The molecule has 1 rings (SSSR count). The predicted octanol–water partition coefficient (Wildman–Crippen LogP) is 0.992. The van der Waals surface area contributed by atoms with Crippen LogP contribution >= 0.6 is 0 Å². The zero-order valence-electron chi connectivity index (χ0n) is 7.65. The maximum absolute atomic E-state index is 10.7. The summed E-state index contributed by atoms with van der Waals surface area (Å²) in [5.41, 5.74) is 0. The Morgan fingerprint density at radius 3 is 3.00 bits per heavy atom. The summed E-state index contributed by atoms with van der Waals surface area (Å²) in [5, 5.41) is 0. The van der Waals surface area contributed by atoms with E-state index in [4.69, 9.17) is 9.47 Å². The monoisotopic (exact) mass is 184 g/mol. The van der Waals surface area contributed by atoms with Gasteiger partial charge in [-0.3, -0.25) is 4.79 Å². The lowest BCUT2D eigenvalue weighted by Crippen LogP contribution is -2.05. The lowest BCUT2D eigenvalue weighted by molar-refractivity contribution is -0.139. The van der Waals surface area contributed by atoms with Crippen molar-refractivity contribution < 1.29 is 19.0 Å². The van der Waals surface area contributed by atoms with E-state index in [1.807, 2.05) is 0 Å². The Labute approximate surface area is 76.8 Å². The molecule has 0 aromatic rings. The van der Waals surface area contributed by atoms with Crippen LogP contribution in [-0.4, -0.2) is 26.5 Å². The molecule has 0 aliphatic carbocycles. The molecule has 0 aromatic heterocycles. The molecule has 0 aromatic carbocycles. The first-order chi connectivity index (χ1) is 6.26. The first kappa shape index (κ1) is 9.80. The number of allylic oxidation sites excluding steroid dienone is 1. The van der Waals surface area contributed by atoms with Gasteiger partial charge in [-0.2, -0.15) is 0 Å². The second kappa shape index (κ2) is 4.67. The van der Waals surface area contributed by atoms with E-state index in [9.17, 15) is 4.79 Å². The number of esters is 1. The number of hydrogen-bond acceptors (Lipinski definition) is 4. The maximum Gasteiger partial charge on any atom is 0.309 e. The van der Waals surface area contributed by atoms with Gasteiger partial charge in [0, 0.05) is 7.11 Å². The number of methoxy groups -OCH3 is 2. The molecule has 0 radical (unpaired) electrons. The Bertz CT molecular complexity index is 242. The van der Waals surface area contributed by atoms with Crippen LogP contribution in [0.25, 0.3) is 0 Å². The fourth-order valence-electron chi connectivity index (χ4n) is 0.896. The zero-order chi connectivity index (χ0) is 9.68. The van der Waals surface area contributed by atoms with Gasteiger partial charge in [-0.15, -0.1) is 0 Å². The van der Waals surface area contributed by atoms with Crippen LogP contribution in [0.1, 0.15) is 6.42 Å². The third kappa shape index (κ3) is 2.91. The van der Waals surface area contributed by atoms with Crippen molar-refractivity contribution in [3.05, 3.63) is 24.0 Å². The summed E-state index contributed by atoms with van der Waals surface area (Å²) in [6.07, 6.45) is 5.07. The minimum Gasteiger partial charge on any atom is -0.469 e. The van der Waals surface area contributed by atoms with Gasteiger partial charge in [0.05, 0.1) is 13.5 Å². The van der Waals surface area contributed by atoms with Crippen molar-refractivity contribution in [1.82, 2.24) is 0 Å². The fourth-order valence-corrected chi connectivity index (χ4v) is 0.896. The average molecular weight is 184 g/mol. The van der Waals surface area contributed by atoms with E-state index in [2.05, 4.69) is 4.74 Å². The smallest absolute Gasteiger partial charge is 0.309 e. The van der Waals surface area contributed by atoms with Gasteiger partial charge in [0.1, 0.15) is 5.76 Å². The molecular formula is C9H12O4. The van der Waals surface area contributed by atoms with Crippen LogP contribution < -0.4 is 0 Å². The van der Waals surface area contributed by atoms with Gasteiger partial charge in [0.15, 0.2) is 0 Å². The third-order valence-electron chi connectivity index (χ3n) is 1.60. The largest absolute Gasteiger partial charge is 0.469 e. The Balaban J connectivity index is 2.38. The molecule has 4 nitrogen and oxygen atoms in total. The zero-order valence-corrected chi connectivity index (χ0v) is 7.65. The Hall–Kier alpha value is -1.29. The van der Waals surface area contributed by atoms with Crippen molar-refractivity contribution in [2.24, 2.45) is 0 Å². The summed E-state index contributed by atoms with van der Waals surface area (Å²) >= 11 is 0. The highest BCUT2D eigenvalue weighted by Crippen LogP contribution is 2.15. The molecule has 1 unspecified atom stereocenters. The van der Waals surface area contributed by atoms with Gasteiger partial charge in [-0.1, -0.05) is 0 Å². The Morgan fingerprint density at radius 2 is 2.46 bits per heavy atom. The van der Waals surface area contributed by atoms with Crippen molar-refractivity contribution in [1.29, 1.82) is 0 Å². The standard InChI is InChI=1S/C9H12O4/c1-11-8(10)5-3-7-4-6-9(12-2)13-7/h3-4,6,9H,5H2,1-2H3/b7-3+. The topological polar surface area (TPSA) is 44.8 Å². The van der Waals surface area contributed by atoms with E-state index in [1.165, 1.54) is 7.11 Å². The Kier molecular flexibility index (Phi) is 3.52. The molecule has 13 heavy (non-hydrogen) atoms. The third-order valence-corrected chi connectivity index (χ3v) is 1.60. The van der Waals surface area contributed by atoms with Crippen LogP contribution in [0.4, 0.5) is 0 Å². The van der Waals surface area contributed by atoms with Crippen LogP contribution in [0.3, 0.4) is 0 Å². The summed E-state index contributed by atoms with van der Waals surface area (Å²) in [4.78, 5) is 10.7. The van der Waals surface area contributed by atoms with E-state index in [1.54, 1.807) is 25.3 Å². The summed E-state index contributed by atoms with van der Waals surface area (Å²) in [6.45, 7) is 0. The lowest BCUT2D eigenvalue weighted by atomic mass is 10.3. The maximum atomic E-state index is 10.7. The van der Waals surface area contributed by atoms with Crippen molar-refractivity contribution in [3.8, 4) is 0 Å². The van der Waals surface area contributed by atoms with E-state index < -0.39 is 0 Å². The molecular weight excluding hydrogens is 172 g/mol. The van der Waals surface area contributed by atoms with Gasteiger partial charge in [0.2, 0.25) is 6.29 Å². The number of hydrogen-bond donors (Lipinski definition) is 0. The molecule has 0 N–H and O–H groups in total. The van der Waals surface area contributed by atoms with Gasteiger partial charge < -0.3 is 14.2 Å². The molecule has 0 bridgehead atoms. The van der Waals surface area contributed by atoms with Crippen LogP contribution in [0, 0.1) is 0 Å². The van der Waals surface area contributed by atoms with Crippen molar-refractivity contribution in [3.63, 3.8) is 0 Å². The fraction of sp³-hybridized carbons (Fsp3) is 0.444. The van der Waals surface area contributed by atoms with Gasteiger partial charge >= 0.3 is 5.97 Å². The van der Waals surface area contributed by atoms with Gasteiger partial charge in [-0.05, 0) is 18.2 Å². The highest BCUT2D eigenvalue weighted by Gasteiger charge is 2.12. The molecule has 0 fully saturated rings. The van der Waals surface area contributed by atoms with Crippen molar-refractivity contribution in [2.45, 2.75) is 12.7 Å². The highest BCUT2D eigenvalue weighted by molar-refractivity contribution is 5.71. The molecule has 1 atom stereocenters. The molecule has 1 heterocycles. The van der Waals surface area contributed by atoms with Crippen LogP contribution in [0.2, 0.25) is 0 Å². The van der Waals surface area contributed by atoms with E-state index >= 15 is 0 Å². The molecule has 72 valence electrons. The van der Waals surface area contributed by atoms with Gasteiger partial charge in [-0.25, -0.2) is 0 Å². The molecule has 4 heteroatoms. The van der Waals surface area contributed by atoms with E-state index in [0.717, 1.165) is 0 Å². The second-order valence-corrected chi connectivity index (χ2v) is 2.47. The van der Waals surface area contributed by atoms with Gasteiger partial charge in [0.25, 0.3) is 0 Å². The summed E-state index contributed by atoms with van der Waals surface area (Å²) in [7, 11) is 2.91. The number of rotatable bonds is 3. The number of carbonyl (C=O) groups is 1. The quantitative estimate of drug-likeness (QED) is 0.613. The molecule has 1 aliphatic rings. The normalized spacial score (nSPS) is 23.2. The summed E-state index contributed by atoms with van der Waals surface area (Å²) in [5.74, 6) is 0.350. The van der Waals surface area contributed by atoms with E-state index in [0.29, 0.717) is 5.76 Å². The summed E-state index contributed by atoms with van der Waals surface area (Å²) in [6, 6.07) is 0. The highest BCUT2D eigenvalue weighted by atomic mass is 16.7. The first-order valence-electron chi connectivity index (χ1n) is 3.91. The van der Waals surface area contributed by atoms with Crippen LogP contribution in [0.15, 0.2) is 24.0 Å². The Morgan fingerprint density at radius 1 is 1.69 bits per heavy atom. The molecule has 0 spiro atoms. The van der Waals surface area contributed by atoms with Crippen LogP contribution in [-0.2, 0) is 19.0 Å². The summed E-state index contributed by atoms with van der Waals surface area (Å²) < 4.78 is 14.6. The SMILES string of the molecule is COC(=O)C/C=C1\C=CC(OC)O1. The minimum absolute atomic E-state index is 0.215. The molecule has 1 aliphatic heterocycles.